The van der Waals surface area contributed by atoms with Gasteiger partial charge in [-0.3, -0.25) is 4.79 Å². The Morgan fingerprint density at radius 2 is 1.63 bits per heavy atom. The first-order valence-electron chi connectivity index (χ1n) is 12.4. The van der Waals surface area contributed by atoms with E-state index < -0.39 is 23.6 Å². The Balaban J connectivity index is 1.53. The summed E-state index contributed by atoms with van der Waals surface area (Å²) in [6, 6.07) is 24.0. The van der Waals surface area contributed by atoms with Crippen LogP contribution in [0, 0.1) is 6.92 Å². The van der Waals surface area contributed by atoms with Gasteiger partial charge in [-0.25, -0.2) is 10.2 Å². The molecule has 200 valence electrons. The fraction of sp³-hybridized carbons (Fsp3) is 0.300. The lowest BCUT2D eigenvalue weighted by molar-refractivity contribution is -0.124. The zero-order valence-corrected chi connectivity index (χ0v) is 22.3. The molecule has 0 radical (unpaired) electrons. The molecule has 0 spiro atoms. The van der Waals surface area contributed by atoms with Gasteiger partial charge in [-0.1, -0.05) is 60.2 Å². The van der Waals surface area contributed by atoms with Gasteiger partial charge in [0.1, 0.15) is 24.0 Å². The lowest BCUT2D eigenvalue weighted by Gasteiger charge is -2.22. The number of nitrogens with one attached hydrogen (secondary N) is 2. The van der Waals surface area contributed by atoms with Crippen LogP contribution in [0.1, 0.15) is 43.0 Å². The molecular weight excluding hydrogens is 482 g/mol. The Morgan fingerprint density at radius 1 is 0.921 bits per heavy atom. The van der Waals surface area contributed by atoms with Gasteiger partial charge in [-0.15, -0.1) is 0 Å². The molecule has 3 rings (SSSR count). The third kappa shape index (κ3) is 10.4. The van der Waals surface area contributed by atoms with E-state index in [2.05, 4.69) is 21.9 Å². The van der Waals surface area contributed by atoms with Crippen molar-refractivity contribution in [3.8, 4) is 5.75 Å². The molecule has 3 aromatic carbocycles. The Hall–Kier alpha value is -4.17. The SMILES string of the molecule is Cc1cccc(COc2ccc(/C=N\NC(=O)[C@H](COCc3ccccc3)NC(=O)OC(C)(C)C)cc2)c1. The van der Waals surface area contributed by atoms with Gasteiger partial charge < -0.3 is 19.5 Å². The fourth-order valence-corrected chi connectivity index (χ4v) is 3.37. The lowest BCUT2D eigenvalue weighted by atomic mass is 10.1. The van der Waals surface area contributed by atoms with Gasteiger partial charge in [0.25, 0.3) is 5.91 Å². The normalized spacial score (nSPS) is 12.1. The van der Waals surface area contributed by atoms with Gasteiger partial charge >= 0.3 is 6.09 Å². The van der Waals surface area contributed by atoms with Crippen LogP contribution < -0.4 is 15.5 Å². The summed E-state index contributed by atoms with van der Waals surface area (Å²) in [4.78, 5) is 25.1. The molecular formula is C30H35N3O5. The third-order valence-electron chi connectivity index (χ3n) is 5.16. The number of aryl methyl sites for hydroxylation is 1. The van der Waals surface area contributed by atoms with Crippen LogP contribution in [0.15, 0.2) is 84.0 Å². The highest BCUT2D eigenvalue weighted by atomic mass is 16.6. The average Bonchev–Trinajstić information content (AvgIpc) is 2.87. The largest absolute Gasteiger partial charge is 0.489 e. The number of amides is 2. The van der Waals surface area contributed by atoms with E-state index in [1.165, 1.54) is 11.8 Å². The molecule has 8 nitrogen and oxygen atoms in total. The summed E-state index contributed by atoms with van der Waals surface area (Å²) in [6.45, 7) is 8.00. The highest BCUT2D eigenvalue weighted by molar-refractivity contribution is 5.87. The summed E-state index contributed by atoms with van der Waals surface area (Å²) in [5, 5.41) is 6.59. The van der Waals surface area contributed by atoms with E-state index in [1.807, 2.05) is 79.7 Å². The maximum absolute atomic E-state index is 12.8. The molecule has 1 atom stereocenters. The highest BCUT2D eigenvalue weighted by Gasteiger charge is 2.24. The monoisotopic (exact) mass is 517 g/mol. The van der Waals surface area contributed by atoms with E-state index in [-0.39, 0.29) is 6.61 Å². The van der Waals surface area contributed by atoms with Crippen LogP contribution >= 0.6 is 0 Å². The van der Waals surface area contributed by atoms with Crippen LogP contribution in [-0.2, 0) is 27.5 Å². The average molecular weight is 518 g/mol. The molecule has 0 fully saturated rings. The van der Waals surface area contributed by atoms with E-state index in [0.717, 1.165) is 22.4 Å². The van der Waals surface area contributed by atoms with E-state index in [9.17, 15) is 9.59 Å². The second-order valence-electron chi connectivity index (χ2n) is 9.78. The summed E-state index contributed by atoms with van der Waals surface area (Å²) >= 11 is 0. The van der Waals surface area contributed by atoms with Crippen LogP contribution in [0.2, 0.25) is 0 Å². The second kappa shape index (κ2) is 13.9. The molecule has 0 aliphatic heterocycles. The molecule has 38 heavy (non-hydrogen) atoms. The number of alkyl carbamates (subject to hydrolysis) is 1. The number of hydrazone groups is 1. The lowest BCUT2D eigenvalue weighted by Crippen LogP contribution is -2.49. The van der Waals surface area contributed by atoms with Crippen molar-refractivity contribution in [1.82, 2.24) is 10.7 Å². The van der Waals surface area contributed by atoms with Crippen molar-refractivity contribution in [3.05, 3.63) is 101 Å². The van der Waals surface area contributed by atoms with Crippen molar-refractivity contribution in [2.24, 2.45) is 5.10 Å². The number of benzene rings is 3. The standard InChI is InChI=1S/C30H35N3O5/c1-22-9-8-12-25(17-22)20-37-26-15-13-23(14-16-26)18-31-33-28(34)27(32-29(35)38-30(2,3)4)21-36-19-24-10-6-5-7-11-24/h5-18,27H,19-21H2,1-4H3,(H,32,35)(H,33,34)/b31-18-/t27-/m0/s1. The van der Waals surface area contributed by atoms with Gasteiger partial charge in [0.2, 0.25) is 0 Å². The zero-order chi connectivity index (χ0) is 27.4. The summed E-state index contributed by atoms with van der Waals surface area (Å²) in [7, 11) is 0. The van der Waals surface area contributed by atoms with Crippen molar-refractivity contribution >= 4 is 18.2 Å². The van der Waals surface area contributed by atoms with Gasteiger partial charge in [0.05, 0.1) is 19.4 Å². The molecule has 0 saturated carbocycles. The summed E-state index contributed by atoms with van der Waals surface area (Å²) in [6.07, 6.45) is 0.795. The maximum Gasteiger partial charge on any atom is 0.408 e. The van der Waals surface area contributed by atoms with Gasteiger partial charge in [-0.05, 0) is 68.7 Å². The topological polar surface area (TPSA) is 98.3 Å². The Kier molecular flexibility index (Phi) is 10.4. The highest BCUT2D eigenvalue weighted by Crippen LogP contribution is 2.14. The minimum Gasteiger partial charge on any atom is -0.489 e. The summed E-state index contributed by atoms with van der Waals surface area (Å²) in [5.41, 5.74) is 5.76. The number of carbonyl (C=O) groups excluding carboxylic acids is 2. The third-order valence-corrected chi connectivity index (χ3v) is 5.16. The predicted octanol–water partition coefficient (Wildman–Crippen LogP) is 5.13. The molecule has 3 aromatic rings. The Labute approximate surface area is 224 Å². The predicted molar refractivity (Wildman–Crippen MR) is 147 cm³/mol. The number of ether oxygens (including phenoxy) is 3. The molecule has 8 heteroatoms. The van der Waals surface area contributed by atoms with Gasteiger partial charge in [0.15, 0.2) is 0 Å². The summed E-state index contributed by atoms with van der Waals surface area (Å²) < 4.78 is 16.8. The second-order valence-corrected chi connectivity index (χ2v) is 9.78. The van der Waals surface area contributed by atoms with E-state index in [1.54, 1.807) is 20.8 Å². The van der Waals surface area contributed by atoms with Gasteiger partial charge in [0, 0.05) is 0 Å². The van der Waals surface area contributed by atoms with Gasteiger partial charge in [-0.2, -0.15) is 5.10 Å². The molecule has 0 saturated heterocycles. The van der Waals surface area contributed by atoms with Crippen LogP contribution in [0.5, 0.6) is 5.75 Å². The molecule has 0 aliphatic carbocycles. The van der Waals surface area contributed by atoms with E-state index >= 15 is 0 Å². The Morgan fingerprint density at radius 3 is 2.32 bits per heavy atom. The number of hydrogen-bond acceptors (Lipinski definition) is 6. The van der Waals surface area contributed by atoms with Crippen molar-refractivity contribution in [2.75, 3.05) is 6.61 Å². The van der Waals surface area contributed by atoms with Crippen LogP contribution in [0.4, 0.5) is 4.79 Å². The van der Waals surface area contributed by atoms with Crippen LogP contribution in [0.25, 0.3) is 0 Å². The zero-order valence-electron chi connectivity index (χ0n) is 22.3. The van der Waals surface area contributed by atoms with Crippen LogP contribution in [0.3, 0.4) is 0 Å². The van der Waals surface area contributed by atoms with Crippen molar-refractivity contribution in [2.45, 2.75) is 52.6 Å². The molecule has 0 aromatic heterocycles. The van der Waals surface area contributed by atoms with Crippen molar-refractivity contribution < 1.29 is 23.8 Å². The summed E-state index contributed by atoms with van der Waals surface area (Å²) in [5.74, 6) is 0.197. The first-order valence-corrected chi connectivity index (χ1v) is 12.4. The molecule has 0 bridgehead atoms. The molecule has 2 amide bonds. The van der Waals surface area contributed by atoms with Crippen LogP contribution in [-0.4, -0.2) is 36.5 Å². The molecule has 0 heterocycles. The molecule has 0 unspecified atom stereocenters. The molecule has 0 aliphatic rings. The van der Waals surface area contributed by atoms with Crippen molar-refractivity contribution in [3.63, 3.8) is 0 Å². The first-order chi connectivity index (χ1) is 18.2. The maximum atomic E-state index is 12.8. The van der Waals surface area contributed by atoms with Crippen molar-refractivity contribution in [1.29, 1.82) is 0 Å². The number of hydrogen-bond donors (Lipinski definition) is 2. The Bertz CT molecular complexity index is 1200. The van der Waals surface area contributed by atoms with E-state index in [4.69, 9.17) is 14.2 Å². The minimum absolute atomic E-state index is 0.0531. The number of rotatable bonds is 11. The number of carbonyl (C=O) groups is 2. The minimum atomic E-state index is -0.997. The number of nitrogens with zero attached hydrogens (tertiary/aromatic N) is 1. The smallest absolute Gasteiger partial charge is 0.408 e. The first kappa shape index (κ1) is 28.4. The fourth-order valence-electron chi connectivity index (χ4n) is 3.37. The molecule has 2 N–H and O–H groups in total. The quantitative estimate of drug-likeness (QED) is 0.271. The van der Waals surface area contributed by atoms with E-state index in [0.29, 0.717) is 13.2 Å².